The summed E-state index contributed by atoms with van der Waals surface area (Å²) >= 11 is 0. The Bertz CT molecular complexity index is 665. The summed E-state index contributed by atoms with van der Waals surface area (Å²) in [5.41, 5.74) is 2.98. The van der Waals surface area contributed by atoms with Gasteiger partial charge in [0.25, 0.3) is 0 Å². The standard InChI is InChI=1S/C20H23NO2/c1-4-16-11-12-19(23-15-17-9-7-6-8-10-17)18(13-16)14-20(22)21(3)5-2/h4,6-13H,1,5,14-15H2,2-3H3. The third kappa shape index (κ3) is 4.71. The molecule has 2 rings (SSSR count). The summed E-state index contributed by atoms with van der Waals surface area (Å²) in [6, 6.07) is 15.8. The second kappa shape index (κ2) is 8.18. The van der Waals surface area contributed by atoms with Crippen molar-refractivity contribution in [2.45, 2.75) is 20.0 Å². The first-order valence-electron chi connectivity index (χ1n) is 7.80. The Hall–Kier alpha value is -2.55. The van der Waals surface area contributed by atoms with Crippen molar-refractivity contribution in [2.24, 2.45) is 0 Å². The molecule has 0 atom stereocenters. The fourth-order valence-corrected chi connectivity index (χ4v) is 2.21. The van der Waals surface area contributed by atoms with Crippen LogP contribution in [0.1, 0.15) is 23.6 Å². The van der Waals surface area contributed by atoms with E-state index in [2.05, 4.69) is 6.58 Å². The Morgan fingerprint density at radius 2 is 1.96 bits per heavy atom. The molecule has 0 radical (unpaired) electrons. The monoisotopic (exact) mass is 309 g/mol. The predicted molar refractivity (Wildman–Crippen MR) is 94.3 cm³/mol. The number of carbonyl (C=O) groups is 1. The lowest BCUT2D eigenvalue weighted by Crippen LogP contribution is -2.27. The molecule has 0 unspecified atom stereocenters. The van der Waals surface area contributed by atoms with Gasteiger partial charge in [-0.05, 0) is 30.2 Å². The van der Waals surface area contributed by atoms with E-state index in [9.17, 15) is 4.79 Å². The Morgan fingerprint density at radius 1 is 1.22 bits per heavy atom. The number of likely N-dealkylation sites (N-methyl/N-ethyl adjacent to an activating group) is 1. The summed E-state index contributed by atoms with van der Waals surface area (Å²) in [5, 5.41) is 0. The third-order valence-corrected chi connectivity index (χ3v) is 3.80. The van der Waals surface area contributed by atoms with Crippen LogP contribution in [0.5, 0.6) is 5.75 Å². The Kier molecular flexibility index (Phi) is 5.98. The lowest BCUT2D eigenvalue weighted by Gasteiger charge is -2.17. The van der Waals surface area contributed by atoms with Gasteiger partial charge in [0.2, 0.25) is 5.91 Å². The molecule has 3 nitrogen and oxygen atoms in total. The van der Waals surface area contributed by atoms with Gasteiger partial charge in [-0.3, -0.25) is 4.79 Å². The van der Waals surface area contributed by atoms with Crippen molar-refractivity contribution in [2.75, 3.05) is 13.6 Å². The molecule has 0 spiro atoms. The van der Waals surface area contributed by atoms with Crippen LogP contribution in [0.3, 0.4) is 0 Å². The van der Waals surface area contributed by atoms with E-state index >= 15 is 0 Å². The number of rotatable bonds is 7. The molecule has 120 valence electrons. The summed E-state index contributed by atoms with van der Waals surface area (Å²) in [5.74, 6) is 0.829. The van der Waals surface area contributed by atoms with E-state index in [1.54, 1.807) is 11.0 Å². The van der Waals surface area contributed by atoms with E-state index in [1.165, 1.54) is 0 Å². The minimum atomic E-state index is 0.0817. The Balaban J connectivity index is 2.17. The van der Waals surface area contributed by atoms with Crippen LogP contribution in [-0.2, 0) is 17.8 Å². The zero-order chi connectivity index (χ0) is 16.7. The summed E-state index contributed by atoms with van der Waals surface area (Å²) in [6.07, 6.45) is 2.11. The highest BCUT2D eigenvalue weighted by Gasteiger charge is 2.12. The maximum atomic E-state index is 12.2. The first-order chi connectivity index (χ1) is 11.1. The zero-order valence-electron chi connectivity index (χ0n) is 13.8. The SMILES string of the molecule is C=Cc1ccc(OCc2ccccc2)c(CC(=O)N(C)CC)c1. The van der Waals surface area contributed by atoms with Gasteiger partial charge in [0.05, 0.1) is 6.42 Å². The van der Waals surface area contributed by atoms with Crippen LogP contribution < -0.4 is 4.74 Å². The van der Waals surface area contributed by atoms with Crippen LogP contribution in [0, 0.1) is 0 Å². The van der Waals surface area contributed by atoms with E-state index in [0.29, 0.717) is 19.6 Å². The molecule has 1 amide bonds. The first kappa shape index (κ1) is 16.8. The van der Waals surface area contributed by atoms with Crippen molar-refractivity contribution >= 4 is 12.0 Å². The number of hydrogen-bond donors (Lipinski definition) is 0. The van der Waals surface area contributed by atoms with Gasteiger partial charge >= 0.3 is 0 Å². The van der Waals surface area contributed by atoms with Gasteiger partial charge in [0.1, 0.15) is 12.4 Å². The third-order valence-electron chi connectivity index (χ3n) is 3.80. The average Bonchev–Trinajstić information content (AvgIpc) is 2.60. The molecule has 0 N–H and O–H groups in total. The van der Waals surface area contributed by atoms with Gasteiger partial charge in [-0.25, -0.2) is 0 Å². The van der Waals surface area contributed by atoms with Gasteiger partial charge in [-0.1, -0.05) is 49.1 Å². The Labute approximate surface area is 138 Å². The van der Waals surface area contributed by atoms with Gasteiger partial charge < -0.3 is 9.64 Å². The summed E-state index contributed by atoms with van der Waals surface area (Å²) in [6.45, 7) is 6.93. The second-order valence-electron chi connectivity index (χ2n) is 5.43. The minimum absolute atomic E-state index is 0.0817. The highest BCUT2D eigenvalue weighted by Crippen LogP contribution is 2.23. The lowest BCUT2D eigenvalue weighted by molar-refractivity contribution is -0.129. The average molecular weight is 309 g/mol. The van der Waals surface area contributed by atoms with Crippen molar-refractivity contribution in [3.05, 3.63) is 71.8 Å². The van der Waals surface area contributed by atoms with Crippen LogP contribution in [0.25, 0.3) is 6.08 Å². The molecule has 2 aromatic carbocycles. The molecule has 0 fully saturated rings. The number of benzene rings is 2. The number of ether oxygens (including phenoxy) is 1. The quantitative estimate of drug-likeness (QED) is 0.775. The molecule has 2 aromatic rings. The molecule has 0 aliphatic carbocycles. The molecule has 0 saturated carbocycles. The molecule has 0 bridgehead atoms. The Morgan fingerprint density at radius 3 is 2.61 bits per heavy atom. The minimum Gasteiger partial charge on any atom is -0.489 e. The van der Waals surface area contributed by atoms with Crippen LogP contribution in [0.4, 0.5) is 0 Å². The molecule has 0 heterocycles. The number of carbonyl (C=O) groups excluding carboxylic acids is 1. The topological polar surface area (TPSA) is 29.5 Å². The lowest BCUT2D eigenvalue weighted by atomic mass is 10.1. The summed E-state index contributed by atoms with van der Waals surface area (Å²) in [4.78, 5) is 13.9. The van der Waals surface area contributed by atoms with Crippen molar-refractivity contribution < 1.29 is 9.53 Å². The van der Waals surface area contributed by atoms with Crippen molar-refractivity contribution in [1.29, 1.82) is 0 Å². The van der Waals surface area contributed by atoms with Crippen molar-refractivity contribution in [1.82, 2.24) is 4.90 Å². The molecule has 0 aliphatic heterocycles. The maximum absolute atomic E-state index is 12.2. The largest absolute Gasteiger partial charge is 0.489 e. The normalized spacial score (nSPS) is 10.2. The number of hydrogen-bond acceptors (Lipinski definition) is 2. The van der Waals surface area contributed by atoms with Gasteiger partial charge in [-0.15, -0.1) is 0 Å². The first-order valence-corrected chi connectivity index (χ1v) is 7.80. The zero-order valence-corrected chi connectivity index (χ0v) is 13.8. The van der Waals surface area contributed by atoms with Gasteiger partial charge in [-0.2, -0.15) is 0 Å². The molecule has 3 heteroatoms. The second-order valence-corrected chi connectivity index (χ2v) is 5.43. The van der Waals surface area contributed by atoms with Crippen molar-refractivity contribution in [3.63, 3.8) is 0 Å². The van der Waals surface area contributed by atoms with Crippen LogP contribution >= 0.6 is 0 Å². The van der Waals surface area contributed by atoms with Crippen LogP contribution in [0.2, 0.25) is 0 Å². The molecule has 0 saturated heterocycles. The molecule has 23 heavy (non-hydrogen) atoms. The fraction of sp³-hybridized carbons (Fsp3) is 0.250. The van der Waals surface area contributed by atoms with E-state index in [4.69, 9.17) is 4.74 Å². The number of nitrogens with zero attached hydrogens (tertiary/aromatic N) is 1. The fourth-order valence-electron chi connectivity index (χ4n) is 2.21. The van der Waals surface area contributed by atoms with E-state index in [1.807, 2.05) is 62.5 Å². The smallest absolute Gasteiger partial charge is 0.226 e. The van der Waals surface area contributed by atoms with E-state index in [0.717, 1.165) is 22.4 Å². The van der Waals surface area contributed by atoms with E-state index < -0.39 is 0 Å². The maximum Gasteiger partial charge on any atom is 0.226 e. The summed E-state index contributed by atoms with van der Waals surface area (Å²) < 4.78 is 5.93. The summed E-state index contributed by atoms with van der Waals surface area (Å²) in [7, 11) is 1.81. The van der Waals surface area contributed by atoms with Gasteiger partial charge in [0, 0.05) is 19.2 Å². The van der Waals surface area contributed by atoms with Crippen molar-refractivity contribution in [3.8, 4) is 5.75 Å². The molecular weight excluding hydrogens is 286 g/mol. The molecular formula is C20H23NO2. The number of amides is 1. The van der Waals surface area contributed by atoms with E-state index in [-0.39, 0.29) is 5.91 Å². The van der Waals surface area contributed by atoms with Crippen LogP contribution in [-0.4, -0.2) is 24.4 Å². The molecule has 0 aromatic heterocycles. The predicted octanol–water partition coefficient (Wildman–Crippen LogP) is 3.93. The van der Waals surface area contributed by atoms with Gasteiger partial charge in [0.15, 0.2) is 0 Å². The highest BCUT2D eigenvalue weighted by atomic mass is 16.5. The highest BCUT2D eigenvalue weighted by molar-refractivity contribution is 5.79. The van der Waals surface area contributed by atoms with Crippen LogP contribution in [0.15, 0.2) is 55.1 Å². The molecule has 0 aliphatic rings.